The Balaban J connectivity index is 1.61. The summed E-state index contributed by atoms with van der Waals surface area (Å²) in [5.74, 6) is 0.580. The lowest BCUT2D eigenvalue weighted by atomic mass is 9.67. The molecule has 1 aliphatic rings. The summed E-state index contributed by atoms with van der Waals surface area (Å²) in [5, 5.41) is 9.97. The van der Waals surface area contributed by atoms with Gasteiger partial charge in [-0.2, -0.15) is 5.26 Å². The van der Waals surface area contributed by atoms with E-state index in [1.54, 1.807) is 0 Å². The molecule has 1 aliphatic carbocycles. The molecule has 0 saturated heterocycles. The van der Waals surface area contributed by atoms with Crippen LogP contribution in [0.1, 0.15) is 121 Å². The lowest BCUT2D eigenvalue weighted by molar-refractivity contribution is 0.223. The van der Waals surface area contributed by atoms with Gasteiger partial charge >= 0.3 is 0 Å². The second-order valence-electron chi connectivity index (χ2n) is 10.4. The van der Waals surface area contributed by atoms with Gasteiger partial charge in [-0.1, -0.05) is 114 Å². The van der Waals surface area contributed by atoms with Crippen LogP contribution in [-0.2, 0) is 6.42 Å². The first-order chi connectivity index (χ1) is 16.2. The second-order valence-corrected chi connectivity index (χ2v) is 10.4. The van der Waals surface area contributed by atoms with E-state index in [4.69, 9.17) is 0 Å². The summed E-state index contributed by atoms with van der Waals surface area (Å²) in [4.78, 5) is 0. The molecule has 0 heterocycles. The zero-order valence-corrected chi connectivity index (χ0v) is 21.2. The third-order valence-electron chi connectivity index (χ3n) is 7.92. The molecule has 0 amide bonds. The van der Waals surface area contributed by atoms with Crippen LogP contribution in [0.25, 0.3) is 11.1 Å². The largest absolute Gasteiger partial charge is 0.198 e. The molecule has 2 aromatic rings. The zero-order valence-electron chi connectivity index (χ0n) is 21.2. The number of aryl methyl sites for hydroxylation is 1. The number of nitrogens with zero attached hydrogens (tertiary/aromatic N) is 1. The van der Waals surface area contributed by atoms with Gasteiger partial charge in [0.1, 0.15) is 0 Å². The number of hydrogen-bond acceptors (Lipinski definition) is 1. The average molecular weight is 444 g/mol. The van der Waals surface area contributed by atoms with Crippen molar-refractivity contribution in [3.8, 4) is 17.2 Å². The Morgan fingerprint density at radius 3 is 2.09 bits per heavy atom. The first-order valence-corrected chi connectivity index (χ1v) is 13.8. The van der Waals surface area contributed by atoms with Crippen LogP contribution >= 0.6 is 0 Å². The minimum absolute atomic E-state index is 0.0715. The van der Waals surface area contributed by atoms with Gasteiger partial charge in [0.2, 0.25) is 0 Å². The van der Waals surface area contributed by atoms with Gasteiger partial charge in [-0.25, -0.2) is 0 Å². The van der Waals surface area contributed by atoms with Gasteiger partial charge in [0.25, 0.3) is 0 Å². The number of hydrogen-bond donors (Lipinski definition) is 0. The molecular weight excluding hydrogens is 398 g/mol. The van der Waals surface area contributed by atoms with Crippen molar-refractivity contribution in [2.75, 3.05) is 0 Å². The molecule has 178 valence electrons. The average Bonchev–Trinajstić information content (AvgIpc) is 2.87. The summed E-state index contributed by atoms with van der Waals surface area (Å²) in [6, 6.07) is 21.1. The minimum Gasteiger partial charge on any atom is -0.198 e. The van der Waals surface area contributed by atoms with E-state index in [2.05, 4.69) is 68.4 Å². The van der Waals surface area contributed by atoms with Gasteiger partial charge < -0.3 is 0 Å². The van der Waals surface area contributed by atoms with Crippen molar-refractivity contribution in [1.82, 2.24) is 0 Å². The summed E-state index contributed by atoms with van der Waals surface area (Å²) >= 11 is 0. The van der Waals surface area contributed by atoms with E-state index >= 15 is 0 Å². The zero-order chi connectivity index (χ0) is 23.4. The standard InChI is InChI=1S/C32H45N/c1-3-5-7-9-10-14-27-17-19-28(20-18-27)30-15-11-12-16-31(30)29-21-24-32(26-33,25-22-29)23-13-8-6-4-2/h11-12,15-20,29H,3-10,13-14,21-25H2,1-2H3. The first-order valence-electron chi connectivity index (χ1n) is 13.8. The van der Waals surface area contributed by atoms with Crippen LogP contribution in [0.2, 0.25) is 0 Å². The molecule has 0 aromatic heterocycles. The molecule has 0 atom stereocenters. The van der Waals surface area contributed by atoms with E-state index in [0.29, 0.717) is 5.92 Å². The fourth-order valence-corrected chi connectivity index (χ4v) is 5.69. The third-order valence-corrected chi connectivity index (χ3v) is 7.92. The Morgan fingerprint density at radius 2 is 1.42 bits per heavy atom. The molecule has 1 heteroatoms. The van der Waals surface area contributed by atoms with Gasteiger partial charge in [-0.05, 0) is 73.1 Å². The van der Waals surface area contributed by atoms with Gasteiger partial charge in [-0.15, -0.1) is 0 Å². The Bertz CT molecular complexity index is 849. The SMILES string of the molecule is CCCCCCCc1ccc(-c2ccccc2C2CCC(C#N)(CCCCCC)CC2)cc1. The molecule has 0 bridgehead atoms. The van der Waals surface area contributed by atoms with E-state index in [1.165, 1.54) is 86.5 Å². The van der Waals surface area contributed by atoms with Crippen molar-refractivity contribution < 1.29 is 0 Å². The fraction of sp³-hybridized carbons (Fsp3) is 0.594. The maximum atomic E-state index is 9.97. The normalized spacial score (nSPS) is 20.5. The predicted octanol–water partition coefficient (Wildman–Crippen LogP) is 10.0. The van der Waals surface area contributed by atoms with E-state index in [-0.39, 0.29) is 5.41 Å². The van der Waals surface area contributed by atoms with Crippen LogP contribution in [0.15, 0.2) is 48.5 Å². The van der Waals surface area contributed by atoms with Crippen LogP contribution in [0.5, 0.6) is 0 Å². The molecule has 0 radical (unpaired) electrons. The highest BCUT2D eigenvalue weighted by Crippen LogP contribution is 2.47. The van der Waals surface area contributed by atoms with Crippen molar-refractivity contribution in [2.45, 2.75) is 116 Å². The highest BCUT2D eigenvalue weighted by atomic mass is 14.4. The van der Waals surface area contributed by atoms with Crippen LogP contribution < -0.4 is 0 Å². The maximum Gasteiger partial charge on any atom is 0.0689 e. The Kier molecular flexibility index (Phi) is 10.5. The van der Waals surface area contributed by atoms with Crippen LogP contribution in [0.3, 0.4) is 0 Å². The van der Waals surface area contributed by atoms with Crippen molar-refractivity contribution >= 4 is 0 Å². The summed E-state index contributed by atoms with van der Waals surface area (Å²) in [5.41, 5.74) is 5.62. The lowest BCUT2D eigenvalue weighted by Gasteiger charge is -2.36. The molecule has 33 heavy (non-hydrogen) atoms. The van der Waals surface area contributed by atoms with Gasteiger partial charge in [0, 0.05) is 0 Å². The molecular formula is C32H45N. The van der Waals surface area contributed by atoms with Crippen molar-refractivity contribution in [2.24, 2.45) is 5.41 Å². The van der Waals surface area contributed by atoms with E-state index in [0.717, 1.165) is 32.1 Å². The molecule has 0 spiro atoms. The Hall–Kier alpha value is -2.07. The van der Waals surface area contributed by atoms with E-state index in [9.17, 15) is 5.26 Å². The molecule has 3 rings (SSSR count). The predicted molar refractivity (Wildman–Crippen MR) is 142 cm³/mol. The molecule has 1 nitrogen and oxygen atoms in total. The summed E-state index contributed by atoms with van der Waals surface area (Å²) in [6.45, 7) is 4.53. The van der Waals surface area contributed by atoms with Crippen molar-refractivity contribution in [3.63, 3.8) is 0 Å². The summed E-state index contributed by atoms with van der Waals surface area (Å²) in [6.07, 6.45) is 18.5. The van der Waals surface area contributed by atoms with Crippen LogP contribution in [-0.4, -0.2) is 0 Å². The lowest BCUT2D eigenvalue weighted by Crippen LogP contribution is -2.25. The van der Waals surface area contributed by atoms with E-state index in [1.807, 2.05) is 0 Å². The number of benzene rings is 2. The van der Waals surface area contributed by atoms with Gasteiger partial charge in [-0.3, -0.25) is 0 Å². The number of rotatable bonds is 13. The number of unbranched alkanes of at least 4 members (excludes halogenated alkanes) is 7. The fourth-order valence-electron chi connectivity index (χ4n) is 5.69. The van der Waals surface area contributed by atoms with Crippen LogP contribution in [0, 0.1) is 16.7 Å². The van der Waals surface area contributed by atoms with Crippen molar-refractivity contribution in [1.29, 1.82) is 5.26 Å². The molecule has 2 aromatic carbocycles. The summed E-state index contributed by atoms with van der Waals surface area (Å²) in [7, 11) is 0. The quantitative estimate of drug-likeness (QED) is 0.282. The van der Waals surface area contributed by atoms with Crippen LogP contribution in [0.4, 0.5) is 0 Å². The highest BCUT2D eigenvalue weighted by Gasteiger charge is 2.35. The number of nitriles is 1. The topological polar surface area (TPSA) is 23.8 Å². The van der Waals surface area contributed by atoms with E-state index < -0.39 is 0 Å². The third kappa shape index (κ3) is 7.46. The Labute approximate surface area is 203 Å². The van der Waals surface area contributed by atoms with Crippen molar-refractivity contribution in [3.05, 3.63) is 59.7 Å². The van der Waals surface area contributed by atoms with Gasteiger partial charge in [0.15, 0.2) is 0 Å². The smallest absolute Gasteiger partial charge is 0.0689 e. The molecule has 0 unspecified atom stereocenters. The second kappa shape index (κ2) is 13.6. The molecule has 0 N–H and O–H groups in total. The maximum absolute atomic E-state index is 9.97. The monoisotopic (exact) mass is 443 g/mol. The summed E-state index contributed by atoms with van der Waals surface area (Å²) < 4.78 is 0. The molecule has 0 aliphatic heterocycles. The first kappa shape index (κ1) is 25.6. The van der Waals surface area contributed by atoms with Gasteiger partial charge in [0.05, 0.1) is 11.5 Å². The minimum atomic E-state index is -0.0715. The highest BCUT2D eigenvalue weighted by molar-refractivity contribution is 5.68. The molecule has 1 saturated carbocycles. The molecule has 1 fully saturated rings. The Morgan fingerprint density at radius 1 is 0.788 bits per heavy atom.